The van der Waals surface area contributed by atoms with Crippen molar-refractivity contribution >= 4 is 43.6 Å². The van der Waals surface area contributed by atoms with Crippen molar-refractivity contribution < 1.29 is 46.4 Å². The molecule has 0 spiro atoms. The minimum atomic E-state index is -4.54. The maximum atomic E-state index is 14.8. The van der Waals surface area contributed by atoms with Crippen LogP contribution in [-0.2, 0) is 30.9 Å². The molecule has 0 aliphatic carbocycles. The summed E-state index contributed by atoms with van der Waals surface area (Å²) in [6.07, 6.45) is -4.40. The molecular formula is C95H64F6IrN5. The van der Waals surface area contributed by atoms with Crippen LogP contribution < -0.4 is 0 Å². The molecule has 5 heterocycles. The average molecular weight is 1580 g/mol. The van der Waals surface area contributed by atoms with Gasteiger partial charge in [0.25, 0.3) is 0 Å². The van der Waals surface area contributed by atoms with E-state index in [1.54, 1.807) is 6.20 Å². The van der Waals surface area contributed by atoms with E-state index in [-0.39, 0.29) is 31.2 Å². The number of rotatable bonds is 14. The Labute approximate surface area is 629 Å². The fourth-order valence-electron chi connectivity index (χ4n) is 14.9. The molecule has 0 N–H and O–H groups in total. The first-order valence-electron chi connectivity index (χ1n) is 35.0. The number of hydrogen-bond donors (Lipinski definition) is 0. The Hall–Kier alpha value is -12.1. The van der Waals surface area contributed by atoms with E-state index >= 15 is 0 Å². The summed E-state index contributed by atoms with van der Waals surface area (Å²) in [5.41, 5.74) is 16.9. The average Bonchev–Trinajstić information content (AvgIpc) is 1.59. The first-order valence-corrected chi connectivity index (χ1v) is 35.0. The summed E-state index contributed by atoms with van der Waals surface area (Å²) < 4.78 is 93.5. The van der Waals surface area contributed by atoms with Crippen molar-refractivity contribution in [1.82, 2.24) is 24.1 Å². The van der Waals surface area contributed by atoms with Gasteiger partial charge in [0, 0.05) is 40.1 Å². The fourth-order valence-corrected chi connectivity index (χ4v) is 14.9. The van der Waals surface area contributed by atoms with Gasteiger partial charge in [0.2, 0.25) is 0 Å². The smallest absolute Gasteiger partial charge is 0.326 e. The third-order valence-electron chi connectivity index (χ3n) is 20.9. The van der Waals surface area contributed by atoms with E-state index in [0.29, 0.717) is 22.5 Å². The van der Waals surface area contributed by atoms with Gasteiger partial charge >= 0.3 is 32.5 Å². The van der Waals surface area contributed by atoms with Crippen molar-refractivity contribution in [2.75, 3.05) is 0 Å². The molecule has 0 saturated heterocycles. The molecule has 5 nitrogen and oxygen atoms in total. The van der Waals surface area contributed by atoms with Crippen molar-refractivity contribution in [3.05, 3.63) is 345 Å². The fraction of sp³-hybridized carbons (Fsp3) is 0.0842. The van der Waals surface area contributed by atoms with Crippen LogP contribution in [0.5, 0.6) is 0 Å². The molecule has 17 aromatic rings. The zero-order chi connectivity index (χ0) is 72.6. The van der Waals surface area contributed by atoms with Crippen LogP contribution in [0.15, 0.2) is 316 Å². The topological polar surface area (TPSA) is 48.5 Å². The summed E-state index contributed by atoms with van der Waals surface area (Å²) in [6, 6.07) is 110. The van der Waals surface area contributed by atoms with Crippen LogP contribution in [0.3, 0.4) is 0 Å². The number of nitrogens with zero attached hydrogens (tertiary/aromatic N) is 5. The van der Waals surface area contributed by atoms with Crippen molar-refractivity contribution in [2.24, 2.45) is 0 Å². The van der Waals surface area contributed by atoms with Gasteiger partial charge in [0.05, 0.1) is 32.9 Å². The minimum Gasteiger partial charge on any atom is -0.326 e. The Bertz CT molecular complexity index is 5870. The van der Waals surface area contributed by atoms with E-state index in [2.05, 4.69) is 167 Å². The molecule has 5 aromatic heterocycles. The number of alkyl halides is 6. The monoisotopic (exact) mass is 1580 g/mol. The maximum absolute atomic E-state index is 14.8. The van der Waals surface area contributed by atoms with E-state index in [0.717, 1.165) is 144 Å². The molecule has 0 aliphatic heterocycles. The maximum Gasteiger partial charge on any atom is 3.00 e. The van der Waals surface area contributed by atoms with Crippen molar-refractivity contribution in [3.63, 3.8) is 0 Å². The quantitative estimate of drug-likeness (QED) is 0.0805. The summed E-state index contributed by atoms with van der Waals surface area (Å²) in [7, 11) is 0. The van der Waals surface area contributed by atoms with Crippen molar-refractivity contribution in [1.29, 1.82) is 0 Å². The normalized spacial score (nSPS) is 12.1. The molecule has 0 aliphatic rings. The Morgan fingerprint density at radius 2 is 0.598 bits per heavy atom. The van der Waals surface area contributed by atoms with E-state index in [1.807, 2.05) is 133 Å². The molecular weight excluding hydrogens is 1520 g/mol. The van der Waals surface area contributed by atoms with Crippen LogP contribution in [0.2, 0.25) is 0 Å². The largest absolute Gasteiger partial charge is 3.00 e. The Balaban J connectivity index is 0.00000876. The summed E-state index contributed by atoms with van der Waals surface area (Å²) in [5, 5.41) is 4.10. The predicted molar refractivity (Wildman–Crippen MR) is 418 cm³/mol. The van der Waals surface area contributed by atoms with Gasteiger partial charge in [0.15, 0.2) is 0 Å². The van der Waals surface area contributed by atoms with Gasteiger partial charge in [-0.25, -0.2) is 0 Å². The third-order valence-corrected chi connectivity index (χ3v) is 20.9. The molecule has 12 heteroatoms. The van der Waals surface area contributed by atoms with Crippen LogP contribution in [-0.4, -0.2) is 36.4 Å². The number of para-hydroxylation sites is 4. The molecule has 0 radical (unpaired) electrons. The summed E-state index contributed by atoms with van der Waals surface area (Å²) >= 11 is 0. The molecule has 17 rings (SSSR count). The van der Waals surface area contributed by atoms with Crippen LogP contribution in [0.25, 0.3) is 167 Å². The third kappa shape index (κ3) is 12.3. The Kier molecular flexibility index (Phi) is 17.8. The summed E-state index contributed by atoms with van der Waals surface area (Å²) in [4.78, 5) is 14.2. The van der Waals surface area contributed by atoms with Gasteiger partial charge in [-0.2, -0.15) is 26.3 Å². The van der Waals surface area contributed by atoms with Gasteiger partial charge in [-0.1, -0.05) is 239 Å². The predicted octanol–water partition coefficient (Wildman–Crippen LogP) is 25.8. The van der Waals surface area contributed by atoms with Crippen molar-refractivity contribution in [3.8, 4) is 123 Å². The molecule has 0 unspecified atom stereocenters. The summed E-state index contributed by atoms with van der Waals surface area (Å²) in [5.74, 6) is 0. The molecule has 520 valence electrons. The molecule has 12 aromatic carbocycles. The number of hydrogen-bond acceptors (Lipinski definition) is 3. The number of benzene rings is 12. The first-order chi connectivity index (χ1) is 51.4. The second-order valence-corrected chi connectivity index (χ2v) is 27.8. The van der Waals surface area contributed by atoms with E-state index in [1.165, 1.54) is 64.4 Å². The minimum absolute atomic E-state index is 0. The van der Waals surface area contributed by atoms with E-state index in [4.69, 9.17) is 15.0 Å². The number of pyridine rings is 3. The van der Waals surface area contributed by atoms with Gasteiger partial charge in [-0.15, -0.1) is 71.3 Å². The Morgan fingerprint density at radius 1 is 0.271 bits per heavy atom. The van der Waals surface area contributed by atoms with E-state index in [9.17, 15) is 26.3 Å². The van der Waals surface area contributed by atoms with Crippen LogP contribution in [0.4, 0.5) is 26.3 Å². The van der Waals surface area contributed by atoms with Crippen LogP contribution in [0.1, 0.15) is 38.8 Å². The Morgan fingerprint density at radius 3 is 0.981 bits per heavy atom. The van der Waals surface area contributed by atoms with Crippen LogP contribution in [0, 0.1) is 18.2 Å². The SMILES string of the molecule is CC(C)(c1ccnc(-c2[c-]cc(-c3ccccc3-c3cc(-c4ccccc4-c4c[c-]c(-c5ccccn5)cc4-c4ccccc4)cc(-c4ccccc4-c4c[c-]c(-c5cc(C(C)(C)C(F)(F)F)ccn5)cc4-n4c5ccccc5c5ccccc54)c3)c(-n3c4ccccc4c4ccccc43)c2)c1)C(F)(F)F.[Ir+3]. The molecule has 0 amide bonds. The number of fused-ring (bicyclic) bond motifs is 6. The van der Waals surface area contributed by atoms with E-state index < -0.39 is 23.2 Å². The molecule has 0 bridgehead atoms. The van der Waals surface area contributed by atoms with Gasteiger partial charge in [-0.3, -0.25) is 0 Å². The second-order valence-electron chi connectivity index (χ2n) is 27.8. The van der Waals surface area contributed by atoms with Crippen molar-refractivity contribution in [2.45, 2.75) is 50.9 Å². The number of halogens is 6. The second kappa shape index (κ2) is 27.4. The van der Waals surface area contributed by atoms with Gasteiger partial charge in [0.1, 0.15) is 0 Å². The first kappa shape index (κ1) is 69.3. The standard InChI is InChI=1S/C95H64F6N5.Ir/c1-92(2,94(96,97)98)67-47-50-103-84(58-67)62-42-45-80(90(56-62)105-86-37-18-14-32-76(86)77-33-15-19-38-87(77)105)73-30-12-9-27-70(73)65-52-64(69-26-8-11-29-72(69)75-44-41-61(83-36-22-23-49-102-83)55-82(75)60-24-6-5-7-25-60)53-66(54-65)71-28-10-13-31-74(71)81-46-43-63(85-59-68(48-51-104-85)93(3,4)95(99,100)101)57-91(81)106-88-39-20-16-34-78(88)79-35-17-21-40-89(79)106;/h5-40,44-59H,1-4H3;/q-3;+3. The van der Waals surface area contributed by atoms with Gasteiger partial charge in [-0.05, 0) is 167 Å². The zero-order valence-electron chi connectivity index (χ0n) is 58.4. The number of aromatic nitrogens is 5. The summed E-state index contributed by atoms with van der Waals surface area (Å²) in [6.45, 7) is 4.75. The van der Waals surface area contributed by atoms with Crippen LogP contribution >= 0.6 is 0 Å². The molecule has 0 fully saturated rings. The zero-order valence-corrected chi connectivity index (χ0v) is 60.8. The molecule has 107 heavy (non-hydrogen) atoms. The molecule has 0 saturated carbocycles. The molecule has 0 atom stereocenters. The van der Waals surface area contributed by atoms with Gasteiger partial charge < -0.3 is 24.1 Å².